The summed E-state index contributed by atoms with van der Waals surface area (Å²) in [6.07, 6.45) is -1.91. The number of rotatable bonds is 23. The van der Waals surface area contributed by atoms with Crippen LogP contribution in [0.25, 0.3) is 11.0 Å². The van der Waals surface area contributed by atoms with E-state index in [9.17, 15) is 42.7 Å². The van der Waals surface area contributed by atoms with E-state index in [2.05, 4.69) is 35.7 Å². The molecular formula is C39H50N7O17P3S2. The second kappa shape index (κ2) is 24.4. The van der Waals surface area contributed by atoms with Crippen LogP contribution in [0.4, 0.5) is 5.95 Å². The first-order valence-corrected chi connectivity index (χ1v) is 27.4. The Morgan fingerprint density at radius 1 is 1.00 bits per heavy atom. The molecule has 2 aromatic carbocycles. The molecule has 68 heavy (non-hydrogen) atoms. The van der Waals surface area contributed by atoms with Gasteiger partial charge in [-0.25, -0.2) is 23.3 Å². The number of ether oxygens (including phenoxy) is 3. The highest BCUT2D eigenvalue weighted by atomic mass is 33.1. The minimum Gasteiger partial charge on any atom is -0.462 e. The van der Waals surface area contributed by atoms with Gasteiger partial charge in [-0.3, -0.25) is 19.1 Å². The highest BCUT2D eigenvalue weighted by molar-refractivity contribution is 8.76. The van der Waals surface area contributed by atoms with Gasteiger partial charge in [0.15, 0.2) is 5.65 Å². The number of benzene rings is 2. The summed E-state index contributed by atoms with van der Waals surface area (Å²) in [5, 5.41) is 2.65. The standard InChI is InChI=1S/C39H50N7O17P3S2/c1-23(41)26-11-3-5-13-28(26)38(50)61-30-20-33(60-31(30)22-59-65(54,55)63-66(56,57)62-64(51,52)53)46-21-25(34-35(46)44-39(42)45-36(34)48)10-9-17-43-32(47)15-7-8-18-58-37(49)29-14-6-4-12-27(29)24(2)68-67-19-16-40/h3-6,11-14,21,23-24,30-31,33H,7-8,15-20,22,40-41H2,1-2H3,(H,43,47)(H,54,55)(H,56,57)(H2,51,52,53)(H3,42,44,45,48)/t23?,24?,30-,31?,33-/m1/s1. The van der Waals surface area contributed by atoms with E-state index in [1.165, 1.54) is 16.8 Å². The Morgan fingerprint density at radius 3 is 2.35 bits per heavy atom. The number of nitrogens with one attached hydrogen (secondary N) is 2. The molecule has 1 aliphatic heterocycles. The number of H-pyrrole nitrogens is 1. The number of aromatic amines is 1. The van der Waals surface area contributed by atoms with Gasteiger partial charge in [-0.05, 0) is 49.9 Å². The molecule has 5 unspecified atom stereocenters. The largest absolute Gasteiger partial charge is 0.490 e. The van der Waals surface area contributed by atoms with Gasteiger partial charge in [0, 0.05) is 42.6 Å². The van der Waals surface area contributed by atoms with Crippen LogP contribution in [0, 0.1) is 11.8 Å². The first-order chi connectivity index (χ1) is 32.1. The highest BCUT2D eigenvalue weighted by Gasteiger charge is 2.45. The monoisotopic (exact) mass is 1050 g/mol. The fraction of sp³-hybridized carbons (Fsp3) is 0.410. The minimum absolute atomic E-state index is 0.0312. The molecule has 1 saturated heterocycles. The minimum atomic E-state index is -5.88. The van der Waals surface area contributed by atoms with Crippen molar-refractivity contribution in [2.24, 2.45) is 11.5 Å². The zero-order chi connectivity index (χ0) is 49.8. The van der Waals surface area contributed by atoms with Gasteiger partial charge in [0.1, 0.15) is 18.4 Å². The molecule has 24 nitrogen and oxygen atoms in total. The second-order valence-corrected chi connectivity index (χ2v) is 22.0. The molecule has 5 rings (SSSR count). The first-order valence-electron chi connectivity index (χ1n) is 20.5. The Morgan fingerprint density at radius 2 is 1.68 bits per heavy atom. The van der Waals surface area contributed by atoms with Crippen molar-refractivity contribution in [3.05, 3.63) is 92.9 Å². The zero-order valence-corrected chi connectivity index (χ0v) is 40.6. The van der Waals surface area contributed by atoms with Crippen molar-refractivity contribution in [1.82, 2.24) is 19.9 Å². The van der Waals surface area contributed by atoms with Crippen LogP contribution < -0.4 is 28.1 Å². The average molecular weight is 1050 g/mol. The summed E-state index contributed by atoms with van der Waals surface area (Å²) in [7, 11) is -14.0. The predicted octanol–water partition coefficient (Wildman–Crippen LogP) is 4.08. The summed E-state index contributed by atoms with van der Waals surface area (Å²) < 4.78 is 66.8. The molecule has 29 heteroatoms. The maximum absolute atomic E-state index is 13.5. The van der Waals surface area contributed by atoms with Gasteiger partial charge in [0.2, 0.25) is 11.9 Å². The SMILES string of the molecule is CC(N)c1ccccc1C(=O)O[C@@H]1C[C@H](n2cc(C#CCNC(=O)CCCCOC(=O)c3ccccc3C(C)SSCCN)c3c(=O)[nH]c(N)nc32)OC1COP(=O)(O)OP(=O)(O)OP(=O)(O)O. The quantitative estimate of drug-likeness (QED) is 0.0166. The molecule has 1 amide bonds. The number of phosphoric ester groups is 1. The number of phosphoric acid groups is 3. The third-order valence-electron chi connectivity index (χ3n) is 9.60. The van der Waals surface area contributed by atoms with Crippen molar-refractivity contribution in [3.63, 3.8) is 0 Å². The van der Waals surface area contributed by atoms with E-state index in [4.69, 9.17) is 45.7 Å². The van der Waals surface area contributed by atoms with Gasteiger partial charge in [0.25, 0.3) is 5.56 Å². The Bertz CT molecular complexity index is 2730. The molecule has 0 aliphatic carbocycles. The first kappa shape index (κ1) is 54.6. The van der Waals surface area contributed by atoms with Crippen LogP contribution in [0.2, 0.25) is 0 Å². The van der Waals surface area contributed by atoms with E-state index < -0.39 is 72.1 Å². The van der Waals surface area contributed by atoms with E-state index in [1.54, 1.807) is 58.8 Å². The predicted molar refractivity (Wildman–Crippen MR) is 249 cm³/mol. The van der Waals surface area contributed by atoms with Gasteiger partial charge in [-0.2, -0.15) is 13.6 Å². The van der Waals surface area contributed by atoms with E-state index in [-0.39, 0.29) is 65.3 Å². The van der Waals surface area contributed by atoms with Crippen LogP contribution in [0.5, 0.6) is 0 Å². The summed E-state index contributed by atoms with van der Waals surface area (Å²) in [5.41, 5.74) is 18.7. The number of fused-ring (bicyclic) bond motifs is 1. The topological polar surface area (TPSA) is 379 Å². The van der Waals surface area contributed by atoms with Crippen molar-refractivity contribution in [2.45, 2.75) is 69.3 Å². The number of amides is 1. The number of nitrogens with two attached hydrogens (primary N) is 3. The van der Waals surface area contributed by atoms with Crippen molar-refractivity contribution >= 4 is 79.9 Å². The Kier molecular flexibility index (Phi) is 19.6. The van der Waals surface area contributed by atoms with Crippen LogP contribution in [0.1, 0.15) is 94.5 Å². The fourth-order valence-electron chi connectivity index (χ4n) is 6.67. The van der Waals surface area contributed by atoms with Crippen LogP contribution in [0.15, 0.2) is 59.5 Å². The molecule has 0 radical (unpaired) electrons. The number of aromatic nitrogens is 3. The second-order valence-electron chi connectivity index (χ2n) is 14.8. The van der Waals surface area contributed by atoms with Gasteiger partial charge in [-0.15, -0.1) is 0 Å². The zero-order valence-electron chi connectivity index (χ0n) is 36.3. The number of anilines is 1. The van der Waals surface area contributed by atoms with Gasteiger partial charge < -0.3 is 60.9 Å². The molecule has 0 bridgehead atoms. The lowest BCUT2D eigenvalue weighted by Gasteiger charge is -2.21. The lowest BCUT2D eigenvalue weighted by atomic mass is 10.0. The molecule has 370 valence electrons. The molecule has 1 aliphatic rings. The van der Waals surface area contributed by atoms with Gasteiger partial charge in [-0.1, -0.05) is 69.8 Å². The van der Waals surface area contributed by atoms with E-state index in [0.717, 1.165) is 11.3 Å². The normalized spacial score (nSPS) is 18.7. The summed E-state index contributed by atoms with van der Waals surface area (Å²) in [4.78, 5) is 96.5. The molecule has 12 N–H and O–H groups in total. The third kappa shape index (κ3) is 15.8. The summed E-state index contributed by atoms with van der Waals surface area (Å²) in [5.74, 6) is 4.40. The summed E-state index contributed by atoms with van der Waals surface area (Å²) >= 11 is 0. The lowest BCUT2D eigenvalue weighted by molar-refractivity contribution is -0.121. The van der Waals surface area contributed by atoms with Crippen molar-refractivity contribution in [1.29, 1.82) is 0 Å². The summed E-state index contributed by atoms with van der Waals surface area (Å²) in [6, 6.07) is 12.9. The number of unbranched alkanes of at least 4 members (excludes halogenated alkanes) is 1. The van der Waals surface area contributed by atoms with Gasteiger partial charge >= 0.3 is 35.4 Å². The molecule has 4 aromatic rings. The Labute approximate surface area is 396 Å². The Balaban J connectivity index is 1.25. The molecule has 0 spiro atoms. The lowest BCUT2D eigenvalue weighted by Crippen LogP contribution is -2.31. The highest BCUT2D eigenvalue weighted by Crippen LogP contribution is 2.66. The smallest absolute Gasteiger partial charge is 0.462 e. The van der Waals surface area contributed by atoms with Crippen molar-refractivity contribution < 1.29 is 75.0 Å². The molecule has 7 atom stereocenters. The molecule has 0 saturated carbocycles. The molecule has 3 heterocycles. The third-order valence-corrected chi connectivity index (χ3v) is 16.3. The van der Waals surface area contributed by atoms with E-state index in [1.807, 2.05) is 19.1 Å². The molecule has 1 fully saturated rings. The molecule has 2 aromatic heterocycles. The van der Waals surface area contributed by atoms with Crippen LogP contribution in [0.3, 0.4) is 0 Å². The fourth-order valence-corrected chi connectivity index (χ4v) is 11.9. The number of hydrogen-bond donors (Lipinski definition) is 9. The van der Waals surface area contributed by atoms with E-state index >= 15 is 0 Å². The number of carbonyl (C=O) groups is 3. The van der Waals surface area contributed by atoms with E-state index in [0.29, 0.717) is 30.5 Å². The van der Waals surface area contributed by atoms with Crippen LogP contribution >= 0.6 is 45.1 Å². The van der Waals surface area contributed by atoms with Crippen molar-refractivity contribution in [3.8, 4) is 11.8 Å². The maximum atomic E-state index is 13.5. The van der Waals surface area contributed by atoms with Crippen LogP contribution in [-0.4, -0.2) is 96.2 Å². The molecular weight excluding hydrogens is 996 g/mol. The van der Waals surface area contributed by atoms with Crippen LogP contribution in [-0.2, 0) is 45.8 Å². The number of carbonyl (C=O) groups excluding carboxylic acids is 3. The average Bonchev–Trinajstić information content (AvgIpc) is 3.83. The number of nitrogens with zero attached hydrogens (tertiary/aromatic N) is 2. The maximum Gasteiger partial charge on any atom is 0.490 e. The van der Waals surface area contributed by atoms with Gasteiger partial charge in [0.05, 0.1) is 41.8 Å². The number of esters is 2. The number of hydrogen-bond acceptors (Lipinski definition) is 19. The summed E-state index contributed by atoms with van der Waals surface area (Å²) in [6.45, 7) is 3.15. The van der Waals surface area contributed by atoms with Crippen molar-refractivity contribution in [2.75, 3.05) is 37.8 Å². The number of nitrogen functional groups attached to an aromatic ring is 1. The Hall–Kier alpha value is -4.38.